The third kappa shape index (κ3) is 8.08. The highest BCUT2D eigenvalue weighted by Gasteiger charge is 2.54. The molecule has 0 bridgehead atoms. The number of carbonyl (C=O) groups is 5. The molecule has 0 aromatic rings. The molecule has 1 unspecified atom stereocenters. The number of nitrogens with one attached hydrogen (secondary N) is 2. The number of hydroxylamine groups is 2. The van der Waals surface area contributed by atoms with E-state index in [1.54, 1.807) is 27.7 Å². The summed E-state index contributed by atoms with van der Waals surface area (Å²) in [7, 11) is 0. The minimum absolute atomic E-state index is 0.0314. The van der Waals surface area contributed by atoms with E-state index < -0.39 is 84.3 Å². The Morgan fingerprint density at radius 3 is 1.85 bits per heavy atom. The third-order valence-electron chi connectivity index (χ3n) is 6.64. The van der Waals surface area contributed by atoms with Gasteiger partial charge in [-0.3, -0.25) is 19.2 Å². The highest BCUT2D eigenvalue weighted by Crippen LogP contribution is 2.30. The van der Waals surface area contributed by atoms with Crippen LogP contribution in [0, 0.1) is 10.1 Å². The SMILES string of the molecule is CC(=O)OC[C@H]1OC(OC(C)=O)[C@H](NC(=O)N(N=O)C2CC(C)(C)[NH+]([O-])C(C)(C)C2)[C@@H](OC(C)=O)[C@@H]1OC(C)=O. The molecule has 0 saturated carbocycles. The summed E-state index contributed by atoms with van der Waals surface area (Å²) in [4.78, 5) is 72.7. The molecule has 16 nitrogen and oxygen atoms in total. The van der Waals surface area contributed by atoms with Crippen molar-refractivity contribution in [1.29, 1.82) is 0 Å². The standard InChI is InChI=1S/C24H38N4O12/c1-12(29)36-11-17-19(37-13(2)30)20(38-14(3)31)18(21(40-17)39-15(4)32)25-22(33)27(26-34)16-9-23(5,6)28(35)24(7,8)10-16/h16-21,28H,9-11H2,1-8H3,(H,25,33)/t17-,18-,19-,20-,21?/m1/s1. The lowest BCUT2D eigenvalue weighted by molar-refractivity contribution is -0.955. The number of esters is 4. The zero-order chi connectivity index (χ0) is 30.6. The predicted octanol–water partition coefficient (Wildman–Crippen LogP) is -0.135. The number of nitroso groups, excluding NO2 is 1. The molecule has 2 heterocycles. The van der Waals surface area contributed by atoms with Gasteiger partial charge in [0.15, 0.2) is 12.2 Å². The van der Waals surface area contributed by atoms with Gasteiger partial charge in [0.1, 0.15) is 18.8 Å². The number of hydrogen-bond donors (Lipinski definition) is 2. The number of hydrogen-bond acceptors (Lipinski definition) is 13. The maximum atomic E-state index is 13.5. The van der Waals surface area contributed by atoms with Crippen LogP contribution in [0.25, 0.3) is 0 Å². The van der Waals surface area contributed by atoms with Crippen molar-refractivity contribution < 1.29 is 52.7 Å². The summed E-state index contributed by atoms with van der Waals surface area (Å²) in [5.41, 5.74) is -1.73. The summed E-state index contributed by atoms with van der Waals surface area (Å²) >= 11 is 0. The Kier molecular flexibility index (Phi) is 10.6. The zero-order valence-corrected chi connectivity index (χ0v) is 23.9. The predicted molar refractivity (Wildman–Crippen MR) is 134 cm³/mol. The van der Waals surface area contributed by atoms with Crippen LogP contribution < -0.4 is 10.4 Å². The van der Waals surface area contributed by atoms with Crippen molar-refractivity contribution in [3.63, 3.8) is 0 Å². The molecule has 2 aliphatic heterocycles. The number of carbonyl (C=O) groups excluding carboxylic acids is 5. The molecule has 2 N–H and O–H groups in total. The number of urea groups is 1. The van der Waals surface area contributed by atoms with Crippen molar-refractivity contribution >= 4 is 29.9 Å². The molecule has 226 valence electrons. The van der Waals surface area contributed by atoms with E-state index in [0.29, 0.717) is 5.01 Å². The van der Waals surface area contributed by atoms with E-state index in [2.05, 4.69) is 10.6 Å². The second-order valence-electron chi connectivity index (χ2n) is 11.2. The first-order valence-electron chi connectivity index (χ1n) is 12.7. The summed E-state index contributed by atoms with van der Waals surface area (Å²) in [6, 6.07) is -3.36. The molecular weight excluding hydrogens is 536 g/mol. The van der Waals surface area contributed by atoms with Crippen molar-refractivity contribution in [2.24, 2.45) is 5.29 Å². The molecule has 2 fully saturated rings. The van der Waals surface area contributed by atoms with Gasteiger partial charge in [0.25, 0.3) is 0 Å². The number of nitrogens with zero attached hydrogens (tertiary/aromatic N) is 2. The molecule has 2 amide bonds. The molecule has 0 radical (unpaired) electrons. The fourth-order valence-electron chi connectivity index (χ4n) is 5.32. The van der Waals surface area contributed by atoms with Gasteiger partial charge in [-0.05, 0) is 27.7 Å². The smallest absolute Gasteiger partial charge is 0.341 e. The lowest BCUT2D eigenvalue weighted by atomic mass is 9.79. The Labute approximate surface area is 231 Å². The van der Waals surface area contributed by atoms with E-state index in [1.807, 2.05) is 0 Å². The second kappa shape index (κ2) is 12.9. The summed E-state index contributed by atoms with van der Waals surface area (Å²) in [5.74, 6) is -3.21. The summed E-state index contributed by atoms with van der Waals surface area (Å²) in [6.45, 7) is 10.7. The minimum Gasteiger partial charge on any atom is -0.634 e. The van der Waals surface area contributed by atoms with Gasteiger partial charge in [-0.25, -0.2) is 4.79 Å². The van der Waals surface area contributed by atoms with Crippen LogP contribution in [0.1, 0.15) is 68.2 Å². The van der Waals surface area contributed by atoms with Gasteiger partial charge in [-0.15, -0.1) is 4.91 Å². The second-order valence-corrected chi connectivity index (χ2v) is 11.2. The Morgan fingerprint density at radius 1 is 0.900 bits per heavy atom. The maximum Gasteiger partial charge on any atom is 0.341 e. The highest BCUT2D eigenvalue weighted by atomic mass is 16.7. The van der Waals surface area contributed by atoms with Gasteiger partial charge in [-0.2, -0.15) is 5.01 Å². The Bertz CT molecular complexity index is 984. The van der Waals surface area contributed by atoms with Crippen molar-refractivity contribution in [3.05, 3.63) is 10.1 Å². The number of amides is 2. The van der Waals surface area contributed by atoms with Crippen LogP contribution in [0.3, 0.4) is 0 Å². The summed E-state index contributed by atoms with van der Waals surface area (Å²) in [5, 5.41) is 18.8. The van der Waals surface area contributed by atoms with E-state index in [-0.39, 0.29) is 17.9 Å². The molecule has 0 aliphatic carbocycles. The number of quaternary nitrogens is 1. The largest absolute Gasteiger partial charge is 0.634 e. The van der Waals surface area contributed by atoms with E-state index >= 15 is 0 Å². The fourth-order valence-corrected chi connectivity index (χ4v) is 5.32. The highest BCUT2D eigenvalue weighted by molar-refractivity contribution is 5.75. The van der Waals surface area contributed by atoms with Crippen LogP contribution in [0.2, 0.25) is 0 Å². The first-order chi connectivity index (χ1) is 18.4. The normalized spacial score (nSPS) is 30.7. The number of ether oxygens (including phenoxy) is 5. The molecule has 16 heteroatoms. The van der Waals surface area contributed by atoms with Crippen molar-refractivity contribution in [3.8, 4) is 0 Å². The molecule has 40 heavy (non-hydrogen) atoms. The Balaban J connectivity index is 2.47. The van der Waals surface area contributed by atoms with E-state index in [9.17, 15) is 34.1 Å². The first kappa shape index (κ1) is 32.8. The summed E-state index contributed by atoms with van der Waals surface area (Å²) < 4.78 is 26.7. The Morgan fingerprint density at radius 2 is 1.40 bits per heavy atom. The van der Waals surface area contributed by atoms with Crippen molar-refractivity contribution in [2.45, 2.75) is 116 Å². The van der Waals surface area contributed by atoms with Gasteiger partial charge < -0.3 is 39.3 Å². The van der Waals surface area contributed by atoms with Gasteiger partial charge >= 0.3 is 29.9 Å². The van der Waals surface area contributed by atoms with Gasteiger partial charge in [0.2, 0.25) is 6.29 Å². The van der Waals surface area contributed by atoms with E-state index in [0.717, 1.165) is 27.7 Å². The van der Waals surface area contributed by atoms with Crippen LogP contribution in [0.5, 0.6) is 0 Å². The first-order valence-corrected chi connectivity index (χ1v) is 12.7. The minimum atomic E-state index is -1.63. The van der Waals surface area contributed by atoms with Crippen molar-refractivity contribution in [2.75, 3.05) is 6.61 Å². The lowest BCUT2D eigenvalue weighted by Gasteiger charge is -2.55. The van der Waals surface area contributed by atoms with Crippen LogP contribution in [0.15, 0.2) is 5.29 Å². The molecule has 0 aromatic carbocycles. The van der Waals surface area contributed by atoms with E-state index in [1.165, 1.54) is 0 Å². The molecule has 5 atom stereocenters. The third-order valence-corrected chi connectivity index (χ3v) is 6.64. The molecule has 2 saturated heterocycles. The van der Waals surface area contributed by atoms with Crippen LogP contribution in [-0.2, 0) is 42.9 Å². The van der Waals surface area contributed by atoms with Crippen LogP contribution >= 0.6 is 0 Å². The van der Waals surface area contributed by atoms with Crippen LogP contribution in [-0.4, -0.2) is 89.3 Å². The lowest BCUT2D eigenvalue weighted by Crippen LogP contribution is -3.23. The fraction of sp³-hybridized carbons (Fsp3) is 0.792. The number of rotatable bonds is 8. The van der Waals surface area contributed by atoms with Gasteiger partial charge in [0.05, 0.1) is 22.4 Å². The quantitative estimate of drug-likeness (QED) is 0.128. The molecular formula is C24H38N4O12. The molecule has 0 spiro atoms. The summed E-state index contributed by atoms with van der Waals surface area (Å²) in [6.07, 6.45) is -5.58. The van der Waals surface area contributed by atoms with Gasteiger partial charge in [0, 0.05) is 40.5 Å². The molecule has 2 aliphatic rings. The maximum absolute atomic E-state index is 13.5. The topological polar surface area (TPSA) is 204 Å². The average molecular weight is 575 g/mol. The van der Waals surface area contributed by atoms with Crippen LogP contribution in [0.4, 0.5) is 4.79 Å². The van der Waals surface area contributed by atoms with Gasteiger partial charge in [-0.1, -0.05) is 0 Å². The Hall–Kier alpha value is -3.37. The number of piperidine rings is 1. The zero-order valence-electron chi connectivity index (χ0n) is 23.9. The average Bonchev–Trinajstić information content (AvgIpc) is 2.79. The monoisotopic (exact) mass is 574 g/mol. The molecule has 2 rings (SSSR count). The molecule has 0 aromatic heterocycles. The van der Waals surface area contributed by atoms with Crippen molar-refractivity contribution in [1.82, 2.24) is 10.3 Å². The van der Waals surface area contributed by atoms with E-state index in [4.69, 9.17) is 23.7 Å².